The smallest absolute Gasteiger partial charge is 0.261 e. The van der Waals surface area contributed by atoms with Crippen LogP contribution in [-0.4, -0.2) is 40.7 Å². The number of nitrogens with one attached hydrogen (secondary N) is 1. The summed E-state index contributed by atoms with van der Waals surface area (Å²) in [7, 11) is 0. The standard InChI is InChI=1S/C23H27N3O3S/c1-2-3-13-26-22(28)16-11-10-15(14-17(16)23(26)29)21(27)24-12-6-9-20-25-18-7-4-5-8-19(18)30-20/h10-11,14H,2-9,12-13H2,1H3,(H,24,27). The third-order valence-corrected chi connectivity index (χ3v) is 6.93. The van der Waals surface area contributed by atoms with Crippen molar-refractivity contribution in [3.63, 3.8) is 0 Å². The van der Waals surface area contributed by atoms with Crippen molar-refractivity contribution in [1.29, 1.82) is 0 Å². The van der Waals surface area contributed by atoms with Crippen LogP contribution in [0.1, 0.15) is 85.7 Å². The summed E-state index contributed by atoms with van der Waals surface area (Å²) in [5, 5.41) is 4.08. The Morgan fingerprint density at radius 2 is 1.93 bits per heavy atom. The van der Waals surface area contributed by atoms with Crippen LogP contribution < -0.4 is 5.32 Å². The van der Waals surface area contributed by atoms with Gasteiger partial charge in [-0.3, -0.25) is 19.3 Å². The average Bonchev–Trinajstić information content (AvgIpc) is 3.28. The number of hydrogen-bond acceptors (Lipinski definition) is 5. The molecule has 30 heavy (non-hydrogen) atoms. The third-order valence-electron chi connectivity index (χ3n) is 5.71. The molecule has 7 heteroatoms. The number of benzene rings is 1. The molecule has 2 aromatic rings. The lowest BCUT2D eigenvalue weighted by Gasteiger charge is -2.12. The summed E-state index contributed by atoms with van der Waals surface area (Å²) in [6.45, 7) is 2.99. The second-order valence-corrected chi connectivity index (χ2v) is 9.09. The van der Waals surface area contributed by atoms with E-state index < -0.39 is 0 Å². The van der Waals surface area contributed by atoms with Gasteiger partial charge >= 0.3 is 0 Å². The molecule has 1 N–H and O–H groups in total. The van der Waals surface area contributed by atoms with E-state index in [4.69, 9.17) is 4.98 Å². The number of amides is 3. The zero-order valence-corrected chi connectivity index (χ0v) is 18.1. The molecule has 0 radical (unpaired) electrons. The number of hydrogen-bond donors (Lipinski definition) is 1. The van der Waals surface area contributed by atoms with Gasteiger partial charge in [0.25, 0.3) is 17.7 Å². The molecule has 1 aliphatic heterocycles. The van der Waals surface area contributed by atoms with E-state index in [0.717, 1.165) is 43.5 Å². The Morgan fingerprint density at radius 3 is 2.73 bits per heavy atom. The van der Waals surface area contributed by atoms with Crippen molar-refractivity contribution in [2.24, 2.45) is 0 Å². The number of rotatable bonds is 8. The maximum atomic E-state index is 12.6. The summed E-state index contributed by atoms with van der Waals surface area (Å²) in [4.78, 5) is 44.9. The van der Waals surface area contributed by atoms with Crippen LogP contribution in [-0.2, 0) is 19.3 Å². The Morgan fingerprint density at radius 1 is 1.13 bits per heavy atom. The second kappa shape index (κ2) is 9.08. The average molecular weight is 426 g/mol. The van der Waals surface area contributed by atoms with Gasteiger partial charge in [0.2, 0.25) is 0 Å². The normalized spacial score (nSPS) is 15.3. The van der Waals surface area contributed by atoms with Gasteiger partial charge in [0.05, 0.1) is 21.8 Å². The van der Waals surface area contributed by atoms with Crippen LogP contribution in [0.4, 0.5) is 0 Å². The Labute approximate surface area is 180 Å². The van der Waals surface area contributed by atoms with Crippen LogP contribution >= 0.6 is 11.3 Å². The summed E-state index contributed by atoms with van der Waals surface area (Å²) >= 11 is 1.81. The van der Waals surface area contributed by atoms with E-state index in [0.29, 0.717) is 29.8 Å². The van der Waals surface area contributed by atoms with Gasteiger partial charge in [-0.2, -0.15) is 0 Å². The molecule has 0 spiro atoms. The summed E-state index contributed by atoms with van der Waals surface area (Å²) < 4.78 is 0. The number of aryl methyl sites for hydroxylation is 3. The molecule has 0 fully saturated rings. The quantitative estimate of drug-likeness (QED) is 0.516. The van der Waals surface area contributed by atoms with Crippen LogP contribution in [0.2, 0.25) is 0 Å². The number of carbonyl (C=O) groups is 3. The minimum absolute atomic E-state index is 0.219. The summed E-state index contributed by atoms with van der Waals surface area (Å²) in [6, 6.07) is 4.76. The number of unbranched alkanes of at least 4 members (excludes halogenated alkanes) is 1. The molecule has 2 aliphatic rings. The molecule has 0 saturated heterocycles. The molecule has 1 aliphatic carbocycles. The monoisotopic (exact) mass is 425 g/mol. The van der Waals surface area contributed by atoms with E-state index in [9.17, 15) is 14.4 Å². The first kappa shape index (κ1) is 20.7. The van der Waals surface area contributed by atoms with Crippen molar-refractivity contribution in [2.45, 2.75) is 58.3 Å². The van der Waals surface area contributed by atoms with E-state index in [1.54, 1.807) is 18.2 Å². The van der Waals surface area contributed by atoms with Crippen molar-refractivity contribution in [2.75, 3.05) is 13.1 Å². The Kier molecular flexibility index (Phi) is 6.27. The van der Waals surface area contributed by atoms with Crippen LogP contribution in [0.5, 0.6) is 0 Å². The fourth-order valence-electron chi connectivity index (χ4n) is 4.01. The highest BCUT2D eigenvalue weighted by atomic mass is 32.1. The predicted molar refractivity (Wildman–Crippen MR) is 116 cm³/mol. The van der Waals surface area contributed by atoms with Gasteiger partial charge in [0.15, 0.2) is 0 Å². The first-order valence-electron chi connectivity index (χ1n) is 10.8. The van der Waals surface area contributed by atoms with Crippen molar-refractivity contribution in [3.05, 3.63) is 50.5 Å². The molecule has 6 nitrogen and oxygen atoms in total. The molecule has 1 aromatic carbocycles. The molecule has 3 amide bonds. The van der Waals surface area contributed by atoms with E-state index in [-0.39, 0.29) is 17.7 Å². The molecule has 158 valence electrons. The lowest BCUT2D eigenvalue weighted by Crippen LogP contribution is -2.30. The molecule has 1 aromatic heterocycles. The van der Waals surface area contributed by atoms with Gasteiger partial charge < -0.3 is 5.32 Å². The Balaban J connectivity index is 1.31. The van der Waals surface area contributed by atoms with E-state index in [1.165, 1.54) is 28.3 Å². The van der Waals surface area contributed by atoms with E-state index >= 15 is 0 Å². The fourth-order valence-corrected chi connectivity index (χ4v) is 5.21. The number of imide groups is 1. The Hall–Kier alpha value is -2.54. The van der Waals surface area contributed by atoms with Gasteiger partial charge in [0, 0.05) is 30.0 Å². The first-order valence-corrected chi connectivity index (χ1v) is 11.7. The van der Waals surface area contributed by atoms with Crippen LogP contribution in [0.3, 0.4) is 0 Å². The lowest BCUT2D eigenvalue weighted by molar-refractivity contribution is 0.0652. The largest absolute Gasteiger partial charge is 0.352 e. The summed E-state index contributed by atoms with van der Waals surface area (Å²) in [5.74, 6) is -0.782. The number of fused-ring (bicyclic) bond motifs is 2. The van der Waals surface area contributed by atoms with Crippen LogP contribution in [0, 0.1) is 0 Å². The third kappa shape index (κ3) is 4.17. The molecule has 0 saturated carbocycles. The topological polar surface area (TPSA) is 79.4 Å². The van der Waals surface area contributed by atoms with Crippen molar-refractivity contribution < 1.29 is 14.4 Å². The predicted octanol–water partition coefficient (Wildman–Crippen LogP) is 3.78. The maximum absolute atomic E-state index is 12.6. The molecule has 4 rings (SSSR count). The minimum Gasteiger partial charge on any atom is -0.352 e. The van der Waals surface area contributed by atoms with E-state index in [2.05, 4.69) is 5.32 Å². The van der Waals surface area contributed by atoms with Gasteiger partial charge in [-0.25, -0.2) is 4.98 Å². The zero-order chi connectivity index (χ0) is 21.1. The number of nitrogens with zero attached hydrogens (tertiary/aromatic N) is 2. The molecule has 0 bridgehead atoms. The number of aromatic nitrogens is 1. The molecule has 2 heterocycles. The van der Waals surface area contributed by atoms with Gasteiger partial charge in [-0.15, -0.1) is 11.3 Å². The fraction of sp³-hybridized carbons (Fsp3) is 0.478. The SMILES string of the molecule is CCCCN1C(=O)c2ccc(C(=O)NCCCc3nc4c(s3)CCCC4)cc2C1=O. The zero-order valence-electron chi connectivity index (χ0n) is 17.3. The highest BCUT2D eigenvalue weighted by Gasteiger charge is 2.35. The first-order chi connectivity index (χ1) is 14.6. The van der Waals surface area contributed by atoms with E-state index in [1.807, 2.05) is 18.3 Å². The second-order valence-electron chi connectivity index (χ2n) is 7.92. The molecular formula is C23H27N3O3S. The maximum Gasteiger partial charge on any atom is 0.261 e. The Bertz CT molecular complexity index is 959. The van der Waals surface area contributed by atoms with Crippen molar-refractivity contribution in [3.8, 4) is 0 Å². The molecule has 0 unspecified atom stereocenters. The minimum atomic E-state index is -0.300. The van der Waals surface area contributed by atoms with Crippen LogP contribution in [0.25, 0.3) is 0 Å². The number of thiazole rings is 1. The number of carbonyl (C=O) groups excluding carboxylic acids is 3. The van der Waals surface area contributed by atoms with Gasteiger partial charge in [-0.05, 0) is 56.7 Å². The van der Waals surface area contributed by atoms with Crippen LogP contribution in [0.15, 0.2) is 18.2 Å². The highest BCUT2D eigenvalue weighted by Crippen LogP contribution is 2.27. The highest BCUT2D eigenvalue weighted by molar-refractivity contribution is 7.11. The molecule has 0 atom stereocenters. The van der Waals surface area contributed by atoms with Gasteiger partial charge in [0.1, 0.15) is 0 Å². The van der Waals surface area contributed by atoms with Gasteiger partial charge in [-0.1, -0.05) is 13.3 Å². The van der Waals surface area contributed by atoms with Crippen molar-refractivity contribution >= 4 is 29.1 Å². The summed E-state index contributed by atoms with van der Waals surface area (Å²) in [5.41, 5.74) is 2.41. The lowest BCUT2D eigenvalue weighted by atomic mass is 10.0. The summed E-state index contributed by atoms with van der Waals surface area (Å²) in [6.07, 6.45) is 8.11. The molecular weight excluding hydrogens is 398 g/mol. The van der Waals surface area contributed by atoms with Crippen molar-refractivity contribution in [1.82, 2.24) is 15.2 Å².